The molecule has 3 heterocycles. The largest absolute Gasteiger partial charge is 0.348 e. The Morgan fingerprint density at radius 1 is 1.39 bits per heavy atom. The van der Waals surface area contributed by atoms with E-state index in [4.69, 9.17) is 0 Å². The van der Waals surface area contributed by atoms with Gasteiger partial charge >= 0.3 is 0 Å². The lowest BCUT2D eigenvalue weighted by atomic mass is 10.1. The van der Waals surface area contributed by atoms with Gasteiger partial charge in [-0.1, -0.05) is 13.0 Å². The third kappa shape index (κ3) is 3.36. The number of carbonyl (C=O) groups is 2. The number of carbonyl (C=O) groups excluding carboxylic acids is 2. The summed E-state index contributed by atoms with van der Waals surface area (Å²) >= 11 is 0. The lowest BCUT2D eigenvalue weighted by molar-refractivity contribution is -0.130. The van der Waals surface area contributed by atoms with Crippen LogP contribution < -0.4 is 5.32 Å². The van der Waals surface area contributed by atoms with Gasteiger partial charge in [0.2, 0.25) is 5.91 Å². The Morgan fingerprint density at radius 3 is 3.09 bits per heavy atom. The number of fused-ring (bicyclic) bond motifs is 1. The van der Waals surface area contributed by atoms with Crippen LogP contribution in [0, 0.1) is 0 Å². The van der Waals surface area contributed by atoms with Crippen LogP contribution in [0.4, 0.5) is 0 Å². The molecule has 1 aliphatic heterocycles. The fourth-order valence-corrected chi connectivity index (χ4v) is 3.05. The van der Waals surface area contributed by atoms with E-state index in [2.05, 4.69) is 17.2 Å². The van der Waals surface area contributed by atoms with Crippen LogP contribution in [0.2, 0.25) is 0 Å². The first-order valence-electron chi connectivity index (χ1n) is 8.19. The number of aromatic nitrogens is 2. The van der Waals surface area contributed by atoms with Gasteiger partial charge in [-0.05, 0) is 31.4 Å². The molecule has 1 aliphatic rings. The zero-order valence-electron chi connectivity index (χ0n) is 13.4. The molecule has 1 saturated heterocycles. The molecule has 2 aromatic rings. The first-order valence-corrected chi connectivity index (χ1v) is 8.19. The molecule has 0 aliphatic carbocycles. The van der Waals surface area contributed by atoms with Crippen molar-refractivity contribution in [2.45, 2.75) is 38.6 Å². The number of amides is 2. The third-order valence-electron chi connectivity index (χ3n) is 4.29. The number of nitrogens with zero attached hydrogens (tertiary/aromatic N) is 3. The molecule has 1 atom stereocenters. The highest BCUT2D eigenvalue weighted by Gasteiger charge is 2.24. The van der Waals surface area contributed by atoms with Gasteiger partial charge in [0, 0.05) is 31.7 Å². The molecule has 6 heteroatoms. The molecular weight excluding hydrogens is 292 g/mol. The summed E-state index contributed by atoms with van der Waals surface area (Å²) in [5.41, 5.74) is 1.28. The molecular formula is C17H22N4O2. The normalized spacial score (nSPS) is 18.9. The van der Waals surface area contributed by atoms with Crippen LogP contribution >= 0.6 is 0 Å². The van der Waals surface area contributed by atoms with Crippen LogP contribution in [-0.4, -0.2) is 45.2 Å². The Balaban J connectivity index is 1.67. The van der Waals surface area contributed by atoms with Crippen molar-refractivity contribution in [3.63, 3.8) is 0 Å². The van der Waals surface area contributed by atoms with Crippen LogP contribution in [0.3, 0.4) is 0 Å². The minimum absolute atomic E-state index is 0.0302. The molecule has 122 valence electrons. The van der Waals surface area contributed by atoms with Gasteiger partial charge in [-0.15, -0.1) is 0 Å². The molecule has 23 heavy (non-hydrogen) atoms. The minimum atomic E-state index is -0.134. The number of hydrogen-bond acceptors (Lipinski definition) is 3. The van der Waals surface area contributed by atoms with Crippen molar-refractivity contribution in [2.24, 2.45) is 0 Å². The van der Waals surface area contributed by atoms with Gasteiger partial charge in [0.1, 0.15) is 11.3 Å². The van der Waals surface area contributed by atoms with Gasteiger partial charge in [-0.3, -0.25) is 14.0 Å². The molecule has 6 nitrogen and oxygen atoms in total. The van der Waals surface area contributed by atoms with Crippen LogP contribution in [0.15, 0.2) is 30.6 Å². The summed E-state index contributed by atoms with van der Waals surface area (Å²) in [5.74, 6) is 0.0588. The Labute approximate surface area is 135 Å². The van der Waals surface area contributed by atoms with E-state index in [0.717, 1.165) is 25.0 Å². The Morgan fingerprint density at radius 2 is 2.26 bits per heavy atom. The zero-order valence-corrected chi connectivity index (χ0v) is 13.4. The lowest BCUT2D eigenvalue weighted by Crippen LogP contribution is -2.36. The van der Waals surface area contributed by atoms with Crippen LogP contribution in [-0.2, 0) is 4.79 Å². The van der Waals surface area contributed by atoms with Crippen molar-refractivity contribution in [1.82, 2.24) is 19.6 Å². The van der Waals surface area contributed by atoms with E-state index in [9.17, 15) is 9.59 Å². The quantitative estimate of drug-likeness (QED) is 0.936. The first-order chi connectivity index (χ1) is 11.2. The van der Waals surface area contributed by atoms with Gasteiger partial charge in [0.15, 0.2) is 0 Å². The number of rotatable bonds is 4. The number of nitrogens with one attached hydrogen (secondary N) is 1. The fourth-order valence-electron chi connectivity index (χ4n) is 3.05. The van der Waals surface area contributed by atoms with Crippen molar-refractivity contribution >= 4 is 17.5 Å². The predicted octanol–water partition coefficient (Wildman–Crippen LogP) is 1.86. The van der Waals surface area contributed by atoms with Crippen LogP contribution in [0.5, 0.6) is 0 Å². The Bertz CT molecular complexity index is 709. The molecule has 3 rings (SSSR count). The molecule has 0 bridgehead atoms. The standard InChI is InChI=1S/C17H22N4O2/c1-2-9-20-11-8-13(6-7-16(20)22)19-17(23)14-12-18-15-5-3-4-10-21(14)15/h3-5,10,12-13H,2,6-9,11H2,1H3,(H,19,23). The van der Waals surface area contributed by atoms with E-state index in [0.29, 0.717) is 25.1 Å². The summed E-state index contributed by atoms with van der Waals surface area (Å²) in [6.07, 6.45) is 6.38. The van der Waals surface area contributed by atoms with E-state index in [1.54, 1.807) is 10.6 Å². The summed E-state index contributed by atoms with van der Waals surface area (Å²) < 4.78 is 1.78. The topological polar surface area (TPSA) is 66.7 Å². The van der Waals surface area contributed by atoms with Gasteiger partial charge in [-0.25, -0.2) is 4.98 Å². The van der Waals surface area contributed by atoms with Gasteiger partial charge < -0.3 is 10.2 Å². The molecule has 2 aromatic heterocycles. The van der Waals surface area contributed by atoms with Crippen molar-refractivity contribution in [3.05, 3.63) is 36.3 Å². The molecule has 1 unspecified atom stereocenters. The zero-order chi connectivity index (χ0) is 16.2. The van der Waals surface area contributed by atoms with E-state index in [-0.39, 0.29) is 17.9 Å². The Hall–Kier alpha value is -2.37. The van der Waals surface area contributed by atoms with E-state index < -0.39 is 0 Å². The number of imidazole rings is 1. The number of pyridine rings is 1. The lowest BCUT2D eigenvalue weighted by Gasteiger charge is -2.20. The average molecular weight is 314 g/mol. The molecule has 0 saturated carbocycles. The van der Waals surface area contributed by atoms with Crippen molar-refractivity contribution in [1.29, 1.82) is 0 Å². The summed E-state index contributed by atoms with van der Waals surface area (Å²) in [6, 6.07) is 5.66. The smallest absolute Gasteiger partial charge is 0.270 e. The maximum atomic E-state index is 12.5. The van der Waals surface area contributed by atoms with Crippen LogP contribution in [0.25, 0.3) is 5.65 Å². The van der Waals surface area contributed by atoms with Gasteiger partial charge in [-0.2, -0.15) is 0 Å². The maximum absolute atomic E-state index is 12.5. The van der Waals surface area contributed by atoms with E-state index in [1.165, 1.54) is 0 Å². The highest BCUT2D eigenvalue weighted by atomic mass is 16.2. The average Bonchev–Trinajstić information content (AvgIpc) is 2.92. The van der Waals surface area contributed by atoms with Crippen LogP contribution in [0.1, 0.15) is 43.1 Å². The highest BCUT2D eigenvalue weighted by molar-refractivity contribution is 5.93. The summed E-state index contributed by atoms with van der Waals surface area (Å²) in [5, 5.41) is 3.06. The summed E-state index contributed by atoms with van der Waals surface area (Å²) in [6.45, 7) is 3.58. The number of hydrogen-bond donors (Lipinski definition) is 1. The second kappa shape index (κ2) is 6.81. The second-order valence-corrected chi connectivity index (χ2v) is 5.95. The SMILES string of the molecule is CCCN1CCC(NC(=O)c2cnc3ccccn23)CCC1=O. The third-order valence-corrected chi connectivity index (χ3v) is 4.29. The summed E-state index contributed by atoms with van der Waals surface area (Å²) in [4.78, 5) is 30.7. The molecule has 0 radical (unpaired) electrons. The van der Waals surface area contributed by atoms with Gasteiger partial charge in [0.25, 0.3) is 5.91 Å². The van der Waals surface area contributed by atoms with E-state index >= 15 is 0 Å². The molecule has 0 spiro atoms. The van der Waals surface area contributed by atoms with Gasteiger partial charge in [0.05, 0.1) is 6.20 Å². The van der Waals surface area contributed by atoms with Crippen molar-refractivity contribution in [3.8, 4) is 0 Å². The first kappa shape index (κ1) is 15.5. The molecule has 1 N–H and O–H groups in total. The maximum Gasteiger partial charge on any atom is 0.270 e. The minimum Gasteiger partial charge on any atom is -0.348 e. The number of likely N-dealkylation sites (tertiary alicyclic amines) is 1. The molecule has 0 aromatic carbocycles. The molecule has 2 amide bonds. The Kier molecular flexibility index (Phi) is 4.60. The van der Waals surface area contributed by atoms with Crippen molar-refractivity contribution in [2.75, 3.05) is 13.1 Å². The predicted molar refractivity (Wildman–Crippen MR) is 87.2 cm³/mol. The summed E-state index contributed by atoms with van der Waals surface area (Å²) in [7, 11) is 0. The molecule has 1 fully saturated rings. The fraction of sp³-hybridized carbons (Fsp3) is 0.471. The second-order valence-electron chi connectivity index (χ2n) is 5.95. The highest BCUT2D eigenvalue weighted by Crippen LogP contribution is 2.14. The monoisotopic (exact) mass is 314 g/mol. The van der Waals surface area contributed by atoms with Crippen molar-refractivity contribution < 1.29 is 9.59 Å². The van der Waals surface area contributed by atoms with E-state index in [1.807, 2.05) is 29.3 Å².